The van der Waals surface area contributed by atoms with Crippen molar-refractivity contribution in [3.8, 4) is 0 Å². The smallest absolute Gasteiger partial charge is 0.251 e. The summed E-state index contributed by atoms with van der Waals surface area (Å²) in [4.78, 5) is 11.1. The lowest BCUT2D eigenvalue weighted by Gasteiger charge is -2.00. The van der Waals surface area contributed by atoms with Gasteiger partial charge in [0, 0.05) is 17.1 Å². The zero-order chi connectivity index (χ0) is 9.14. The molecule has 12 heavy (non-hydrogen) atoms. The Balaban J connectivity index is 3.05. The zero-order valence-corrected chi connectivity index (χ0v) is 8.74. The average molecular weight is 249 g/mol. The Kier molecular flexibility index (Phi) is 3.12. The number of benzene rings is 1. The van der Waals surface area contributed by atoms with Gasteiger partial charge in [-0.15, -0.1) is 0 Å². The van der Waals surface area contributed by atoms with Gasteiger partial charge >= 0.3 is 0 Å². The molecule has 0 heterocycles. The molecule has 4 heteroatoms. The summed E-state index contributed by atoms with van der Waals surface area (Å²) in [7, 11) is 1.58. The van der Waals surface area contributed by atoms with Gasteiger partial charge in [0.2, 0.25) is 0 Å². The van der Waals surface area contributed by atoms with Gasteiger partial charge in [0.25, 0.3) is 5.91 Å². The molecule has 0 atom stereocenters. The lowest BCUT2D eigenvalue weighted by molar-refractivity contribution is 0.0963. The van der Waals surface area contributed by atoms with E-state index in [4.69, 9.17) is 11.6 Å². The second-order valence-corrected chi connectivity index (χ2v) is 3.47. The van der Waals surface area contributed by atoms with Gasteiger partial charge in [-0.1, -0.05) is 11.6 Å². The summed E-state index contributed by atoms with van der Waals surface area (Å²) in [5.74, 6) is -0.135. The first kappa shape index (κ1) is 9.55. The van der Waals surface area contributed by atoms with E-state index in [1.54, 1.807) is 25.2 Å². The highest BCUT2D eigenvalue weighted by Crippen LogP contribution is 2.22. The SMILES string of the molecule is CNC(=O)c1ccc(Br)c(Cl)c1. The normalized spacial score (nSPS) is 9.58. The summed E-state index contributed by atoms with van der Waals surface area (Å²) in [6.45, 7) is 0. The van der Waals surface area contributed by atoms with Gasteiger partial charge in [-0.05, 0) is 34.1 Å². The molecule has 0 fully saturated rings. The third kappa shape index (κ3) is 1.99. The van der Waals surface area contributed by atoms with Crippen LogP contribution in [0.5, 0.6) is 0 Å². The molecule has 0 aliphatic rings. The standard InChI is InChI=1S/C8H7BrClNO/c1-11-8(12)5-2-3-6(9)7(10)4-5/h2-4H,1H3,(H,11,12). The highest BCUT2D eigenvalue weighted by molar-refractivity contribution is 9.10. The summed E-state index contributed by atoms with van der Waals surface area (Å²) in [5.41, 5.74) is 0.561. The van der Waals surface area contributed by atoms with Crippen LogP contribution in [0, 0.1) is 0 Å². The Morgan fingerprint density at radius 3 is 2.75 bits per heavy atom. The van der Waals surface area contributed by atoms with Gasteiger partial charge in [0.1, 0.15) is 0 Å². The van der Waals surface area contributed by atoms with Crippen molar-refractivity contribution in [3.05, 3.63) is 33.3 Å². The Morgan fingerprint density at radius 1 is 1.58 bits per heavy atom. The number of carbonyl (C=O) groups excluding carboxylic acids is 1. The Hall–Kier alpha value is -0.540. The molecule has 0 aromatic heterocycles. The first-order chi connectivity index (χ1) is 5.65. The number of nitrogens with one attached hydrogen (secondary N) is 1. The molecular weight excluding hydrogens is 241 g/mol. The van der Waals surface area contributed by atoms with E-state index in [1.807, 2.05) is 0 Å². The zero-order valence-electron chi connectivity index (χ0n) is 6.40. The van der Waals surface area contributed by atoms with E-state index in [1.165, 1.54) is 0 Å². The highest BCUT2D eigenvalue weighted by atomic mass is 79.9. The lowest BCUT2D eigenvalue weighted by atomic mass is 10.2. The van der Waals surface area contributed by atoms with E-state index in [0.29, 0.717) is 10.6 Å². The second kappa shape index (κ2) is 3.92. The molecule has 64 valence electrons. The minimum absolute atomic E-state index is 0.135. The van der Waals surface area contributed by atoms with Crippen molar-refractivity contribution in [1.29, 1.82) is 0 Å². The van der Waals surface area contributed by atoms with Crippen molar-refractivity contribution in [2.75, 3.05) is 7.05 Å². The summed E-state index contributed by atoms with van der Waals surface area (Å²) < 4.78 is 0.789. The third-order valence-electron chi connectivity index (χ3n) is 1.41. The van der Waals surface area contributed by atoms with E-state index >= 15 is 0 Å². The number of hydrogen-bond donors (Lipinski definition) is 1. The molecule has 1 rings (SSSR count). The van der Waals surface area contributed by atoms with E-state index < -0.39 is 0 Å². The first-order valence-corrected chi connectivity index (χ1v) is 4.49. The quantitative estimate of drug-likeness (QED) is 0.813. The maximum absolute atomic E-state index is 11.1. The maximum atomic E-state index is 11.1. The van der Waals surface area contributed by atoms with Crippen LogP contribution in [0.2, 0.25) is 5.02 Å². The van der Waals surface area contributed by atoms with Crippen LogP contribution in [0.1, 0.15) is 10.4 Å². The minimum Gasteiger partial charge on any atom is -0.355 e. The summed E-state index contributed by atoms with van der Waals surface area (Å²) in [5, 5.41) is 3.05. The average Bonchev–Trinajstić information content (AvgIpc) is 2.08. The molecule has 0 spiro atoms. The van der Waals surface area contributed by atoms with Crippen molar-refractivity contribution in [1.82, 2.24) is 5.32 Å². The summed E-state index contributed by atoms with van der Waals surface area (Å²) in [6, 6.07) is 5.06. The highest BCUT2D eigenvalue weighted by Gasteiger charge is 2.04. The molecular formula is C8H7BrClNO. The predicted molar refractivity (Wildman–Crippen MR) is 52.5 cm³/mol. The number of amides is 1. The van der Waals surface area contributed by atoms with Crippen LogP contribution in [0.15, 0.2) is 22.7 Å². The van der Waals surface area contributed by atoms with Crippen molar-refractivity contribution >= 4 is 33.4 Å². The van der Waals surface area contributed by atoms with Gasteiger partial charge in [-0.2, -0.15) is 0 Å². The molecule has 0 saturated carbocycles. The Bertz CT molecular complexity index is 314. The van der Waals surface area contributed by atoms with E-state index in [-0.39, 0.29) is 5.91 Å². The van der Waals surface area contributed by atoms with Crippen molar-refractivity contribution in [3.63, 3.8) is 0 Å². The van der Waals surface area contributed by atoms with Gasteiger partial charge in [0.05, 0.1) is 5.02 Å². The van der Waals surface area contributed by atoms with Gasteiger partial charge in [-0.25, -0.2) is 0 Å². The van der Waals surface area contributed by atoms with Crippen molar-refractivity contribution < 1.29 is 4.79 Å². The number of halogens is 2. The lowest BCUT2D eigenvalue weighted by Crippen LogP contribution is -2.17. The van der Waals surface area contributed by atoms with Gasteiger partial charge < -0.3 is 5.32 Å². The second-order valence-electron chi connectivity index (χ2n) is 2.21. The molecule has 0 aliphatic carbocycles. The molecule has 1 aromatic carbocycles. The first-order valence-electron chi connectivity index (χ1n) is 3.32. The minimum atomic E-state index is -0.135. The summed E-state index contributed by atoms with van der Waals surface area (Å²) >= 11 is 9.02. The van der Waals surface area contributed by atoms with Gasteiger partial charge in [0.15, 0.2) is 0 Å². The number of rotatable bonds is 1. The molecule has 0 aliphatic heterocycles. The molecule has 1 aromatic rings. The fourth-order valence-electron chi connectivity index (χ4n) is 0.782. The Labute approximate surface area is 84.0 Å². The van der Waals surface area contributed by atoms with Crippen LogP contribution >= 0.6 is 27.5 Å². The van der Waals surface area contributed by atoms with Crippen molar-refractivity contribution in [2.45, 2.75) is 0 Å². The van der Waals surface area contributed by atoms with E-state index in [0.717, 1.165) is 4.47 Å². The van der Waals surface area contributed by atoms with Crippen molar-refractivity contribution in [2.24, 2.45) is 0 Å². The topological polar surface area (TPSA) is 29.1 Å². The molecule has 0 bridgehead atoms. The van der Waals surface area contributed by atoms with Crippen LogP contribution < -0.4 is 5.32 Å². The molecule has 1 N–H and O–H groups in total. The molecule has 0 radical (unpaired) electrons. The van der Waals surface area contributed by atoms with Gasteiger partial charge in [-0.3, -0.25) is 4.79 Å². The number of carbonyl (C=O) groups is 1. The van der Waals surface area contributed by atoms with E-state index in [2.05, 4.69) is 21.2 Å². The summed E-state index contributed by atoms with van der Waals surface area (Å²) in [6.07, 6.45) is 0. The maximum Gasteiger partial charge on any atom is 0.251 e. The molecule has 0 unspecified atom stereocenters. The third-order valence-corrected chi connectivity index (χ3v) is 2.64. The Morgan fingerprint density at radius 2 is 2.25 bits per heavy atom. The van der Waals surface area contributed by atoms with Crippen LogP contribution in [-0.4, -0.2) is 13.0 Å². The van der Waals surface area contributed by atoms with E-state index in [9.17, 15) is 4.79 Å². The van der Waals surface area contributed by atoms with Crippen LogP contribution in [0.4, 0.5) is 0 Å². The van der Waals surface area contributed by atoms with Crippen LogP contribution in [0.25, 0.3) is 0 Å². The fourth-order valence-corrected chi connectivity index (χ4v) is 1.21. The predicted octanol–water partition coefficient (Wildman–Crippen LogP) is 2.46. The molecule has 2 nitrogen and oxygen atoms in total. The molecule has 0 saturated heterocycles. The van der Waals surface area contributed by atoms with Crippen LogP contribution in [-0.2, 0) is 0 Å². The monoisotopic (exact) mass is 247 g/mol. The molecule has 1 amide bonds. The number of hydrogen-bond acceptors (Lipinski definition) is 1. The van der Waals surface area contributed by atoms with Crippen LogP contribution in [0.3, 0.4) is 0 Å². The fraction of sp³-hybridized carbons (Fsp3) is 0.125. The largest absolute Gasteiger partial charge is 0.355 e.